The molecule has 3 N–H and O–H groups in total. The third-order valence-corrected chi connectivity index (χ3v) is 4.14. The maximum absolute atomic E-state index is 12.3. The Morgan fingerprint density at radius 1 is 1.00 bits per heavy atom. The molecule has 0 bridgehead atoms. The number of Topliss-reactive ketones (excluding diaryl/α,β-unsaturated/α-hetero) is 1. The van der Waals surface area contributed by atoms with E-state index in [1.165, 1.54) is 6.92 Å². The van der Waals surface area contributed by atoms with Gasteiger partial charge in [0.25, 0.3) is 5.91 Å². The van der Waals surface area contributed by atoms with Crippen LogP contribution in [0.15, 0.2) is 42.5 Å². The molecule has 27 heavy (non-hydrogen) atoms. The zero-order valence-corrected chi connectivity index (χ0v) is 15.4. The number of rotatable bonds is 8. The van der Waals surface area contributed by atoms with Crippen molar-refractivity contribution in [3.8, 4) is 22.6 Å². The first-order valence-electron chi connectivity index (χ1n) is 8.36. The van der Waals surface area contributed by atoms with Crippen LogP contribution >= 0.6 is 0 Å². The second-order valence-corrected chi connectivity index (χ2v) is 5.96. The number of hydrogen-bond acceptors (Lipinski definition) is 6. The number of carbonyl (C=O) groups excluding carboxylic acids is 2. The van der Waals surface area contributed by atoms with E-state index < -0.39 is 30.4 Å². The first-order valence-corrected chi connectivity index (χ1v) is 8.36. The molecule has 1 amide bonds. The second kappa shape index (κ2) is 9.16. The maximum Gasteiger partial charge on any atom is 0.251 e. The molecule has 2 aromatic carbocycles. The van der Waals surface area contributed by atoms with Crippen LogP contribution in [-0.2, 0) is 4.79 Å². The summed E-state index contributed by atoms with van der Waals surface area (Å²) in [6.45, 7) is 0.618. The normalized spacial score (nSPS) is 12.8. The fourth-order valence-corrected chi connectivity index (χ4v) is 2.62. The number of carbonyl (C=O) groups is 2. The number of ether oxygens (including phenoxy) is 2. The van der Waals surface area contributed by atoms with Crippen molar-refractivity contribution in [3.05, 3.63) is 48.0 Å². The second-order valence-electron chi connectivity index (χ2n) is 5.96. The van der Waals surface area contributed by atoms with Crippen molar-refractivity contribution < 1.29 is 29.3 Å². The highest BCUT2D eigenvalue weighted by Gasteiger charge is 2.25. The largest absolute Gasteiger partial charge is 0.493 e. The summed E-state index contributed by atoms with van der Waals surface area (Å²) in [6.07, 6.45) is -1.11. The van der Waals surface area contributed by atoms with E-state index in [2.05, 4.69) is 5.32 Å². The average Bonchev–Trinajstić information content (AvgIpc) is 2.70. The highest BCUT2D eigenvalue weighted by Crippen LogP contribution is 2.32. The number of benzene rings is 2. The van der Waals surface area contributed by atoms with Gasteiger partial charge in [-0.3, -0.25) is 9.59 Å². The molecular formula is C20H23NO6. The molecule has 0 saturated carbocycles. The SMILES string of the molecule is COc1ccc(-c2ccc(C(=O)N[C@H](C(=O)CO)[C@@H](C)O)cc2)cc1OC. The summed E-state index contributed by atoms with van der Waals surface area (Å²) in [4.78, 5) is 23.9. The molecule has 0 radical (unpaired) electrons. The summed E-state index contributed by atoms with van der Waals surface area (Å²) in [5, 5.41) is 21.0. The quantitative estimate of drug-likeness (QED) is 0.646. The number of nitrogens with one attached hydrogen (secondary N) is 1. The lowest BCUT2D eigenvalue weighted by Gasteiger charge is -2.19. The van der Waals surface area contributed by atoms with Gasteiger partial charge in [-0.25, -0.2) is 0 Å². The van der Waals surface area contributed by atoms with E-state index in [1.54, 1.807) is 44.6 Å². The number of aliphatic hydroxyl groups excluding tert-OH is 2. The average molecular weight is 373 g/mol. The minimum Gasteiger partial charge on any atom is -0.493 e. The van der Waals surface area contributed by atoms with Crippen LogP contribution in [0.1, 0.15) is 17.3 Å². The number of amides is 1. The van der Waals surface area contributed by atoms with Crippen molar-refractivity contribution in [1.82, 2.24) is 5.32 Å². The summed E-state index contributed by atoms with van der Waals surface area (Å²) < 4.78 is 10.5. The molecule has 0 aromatic heterocycles. The van der Waals surface area contributed by atoms with Crippen molar-refractivity contribution in [2.45, 2.75) is 19.1 Å². The van der Waals surface area contributed by atoms with Crippen molar-refractivity contribution in [2.24, 2.45) is 0 Å². The summed E-state index contributed by atoms with van der Waals surface area (Å²) in [5.41, 5.74) is 2.08. The van der Waals surface area contributed by atoms with Gasteiger partial charge in [0, 0.05) is 5.56 Å². The van der Waals surface area contributed by atoms with Gasteiger partial charge in [-0.15, -0.1) is 0 Å². The van der Waals surface area contributed by atoms with Crippen molar-refractivity contribution in [3.63, 3.8) is 0 Å². The maximum atomic E-state index is 12.3. The predicted octanol–water partition coefficient (Wildman–Crippen LogP) is 1.41. The molecule has 0 fully saturated rings. The van der Waals surface area contributed by atoms with Crippen molar-refractivity contribution >= 4 is 11.7 Å². The standard InChI is InChI=1S/C20H23NO6/c1-12(23)19(16(24)11-22)21-20(25)14-6-4-13(5-7-14)15-8-9-17(26-2)18(10-15)27-3/h4-10,12,19,22-23H,11H2,1-3H3,(H,21,25)/t12-,19+/m1/s1. The molecular weight excluding hydrogens is 350 g/mol. The molecule has 2 rings (SSSR count). The molecule has 0 aliphatic rings. The third-order valence-electron chi connectivity index (χ3n) is 4.14. The van der Waals surface area contributed by atoms with Crippen LogP contribution in [-0.4, -0.2) is 54.9 Å². The Morgan fingerprint density at radius 3 is 2.11 bits per heavy atom. The Bertz CT molecular complexity index is 801. The summed E-state index contributed by atoms with van der Waals surface area (Å²) in [6, 6.07) is 11.1. The van der Waals surface area contributed by atoms with Gasteiger partial charge in [0.05, 0.1) is 20.3 Å². The summed E-state index contributed by atoms with van der Waals surface area (Å²) in [7, 11) is 3.12. The first-order chi connectivity index (χ1) is 12.9. The molecule has 0 aliphatic carbocycles. The zero-order valence-electron chi connectivity index (χ0n) is 15.4. The molecule has 0 spiro atoms. The Labute approximate surface area is 157 Å². The van der Waals surface area contributed by atoms with Crippen LogP contribution < -0.4 is 14.8 Å². The minimum absolute atomic E-state index is 0.329. The van der Waals surface area contributed by atoms with Gasteiger partial charge in [0.2, 0.25) is 0 Å². The van der Waals surface area contributed by atoms with E-state index in [1.807, 2.05) is 12.1 Å². The smallest absolute Gasteiger partial charge is 0.251 e. The Hall–Kier alpha value is -2.90. The van der Waals surface area contributed by atoms with E-state index >= 15 is 0 Å². The first kappa shape index (κ1) is 20.4. The van der Waals surface area contributed by atoms with Crippen LogP contribution in [0.25, 0.3) is 11.1 Å². The molecule has 0 heterocycles. The molecule has 144 valence electrons. The van der Waals surface area contributed by atoms with Gasteiger partial charge >= 0.3 is 0 Å². The molecule has 7 nitrogen and oxygen atoms in total. The van der Waals surface area contributed by atoms with Gasteiger partial charge in [0.1, 0.15) is 12.6 Å². The summed E-state index contributed by atoms with van der Waals surface area (Å²) >= 11 is 0. The Morgan fingerprint density at radius 2 is 1.59 bits per heavy atom. The van der Waals surface area contributed by atoms with E-state index in [-0.39, 0.29) is 0 Å². The third kappa shape index (κ3) is 4.84. The molecule has 0 aliphatic heterocycles. The number of hydrogen-bond donors (Lipinski definition) is 3. The number of aliphatic hydroxyl groups is 2. The lowest BCUT2D eigenvalue weighted by Crippen LogP contribution is -2.48. The van der Waals surface area contributed by atoms with Crippen LogP contribution in [0.2, 0.25) is 0 Å². The predicted molar refractivity (Wildman–Crippen MR) is 100 cm³/mol. The van der Waals surface area contributed by atoms with Crippen LogP contribution in [0, 0.1) is 0 Å². The van der Waals surface area contributed by atoms with Crippen molar-refractivity contribution in [2.75, 3.05) is 20.8 Å². The van der Waals surface area contributed by atoms with Crippen LogP contribution in [0.5, 0.6) is 11.5 Å². The van der Waals surface area contributed by atoms with Crippen molar-refractivity contribution in [1.29, 1.82) is 0 Å². The van der Waals surface area contributed by atoms with Gasteiger partial charge < -0.3 is 25.0 Å². The lowest BCUT2D eigenvalue weighted by atomic mass is 10.0. The van der Waals surface area contributed by atoms with E-state index in [0.717, 1.165) is 11.1 Å². The molecule has 7 heteroatoms. The molecule has 2 atom stereocenters. The van der Waals surface area contributed by atoms with E-state index in [9.17, 15) is 14.7 Å². The van der Waals surface area contributed by atoms with Crippen LogP contribution in [0.3, 0.4) is 0 Å². The van der Waals surface area contributed by atoms with Gasteiger partial charge in [-0.05, 0) is 42.3 Å². The van der Waals surface area contributed by atoms with Gasteiger partial charge in [-0.1, -0.05) is 18.2 Å². The van der Waals surface area contributed by atoms with Gasteiger partial charge in [-0.2, -0.15) is 0 Å². The topological polar surface area (TPSA) is 105 Å². The fraction of sp³-hybridized carbons (Fsp3) is 0.300. The fourth-order valence-electron chi connectivity index (χ4n) is 2.62. The number of ketones is 1. The lowest BCUT2D eigenvalue weighted by molar-refractivity contribution is -0.125. The highest BCUT2D eigenvalue weighted by molar-refractivity contribution is 5.98. The van der Waals surface area contributed by atoms with Crippen LogP contribution in [0.4, 0.5) is 0 Å². The van der Waals surface area contributed by atoms with Gasteiger partial charge in [0.15, 0.2) is 17.3 Å². The van der Waals surface area contributed by atoms with E-state index in [4.69, 9.17) is 14.6 Å². The minimum atomic E-state index is -1.16. The zero-order chi connectivity index (χ0) is 20.0. The Kier molecular flexibility index (Phi) is 6.92. The highest BCUT2D eigenvalue weighted by atomic mass is 16.5. The monoisotopic (exact) mass is 373 g/mol. The summed E-state index contributed by atoms with van der Waals surface area (Å²) in [5.74, 6) is 0.0518. The molecule has 0 unspecified atom stereocenters. The molecule has 2 aromatic rings. The molecule has 0 saturated heterocycles. The Balaban J connectivity index is 2.19. The number of methoxy groups -OCH3 is 2. The van der Waals surface area contributed by atoms with E-state index in [0.29, 0.717) is 17.1 Å².